The first kappa shape index (κ1) is 11.4. The van der Waals surface area contributed by atoms with Crippen LogP contribution in [0, 0.1) is 5.92 Å². The first-order valence-electron chi connectivity index (χ1n) is 4.11. The van der Waals surface area contributed by atoms with Gasteiger partial charge in [0.1, 0.15) is 6.04 Å². The summed E-state index contributed by atoms with van der Waals surface area (Å²) in [4.78, 5) is 10.6. The zero-order valence-electron chi connectivity index (χ0n) is 7.51. The minimum absolute atomic E-state index is 0.0297. The Balaban J connectivity index is 3.72. The molecule has 4 heteroatoms. The lowest BCUT2D eigenvalue weighted by atomic mass is 10.1. The maximum Gasteiger partial charge on any atom is 0.320 e. The lowest BCUT2D eigenvalue weighted by Crippen LogP contribution is -2.41. The summed E-state index contributed by atoms with van der Waals surface area (Å²) in [7, 11) is 0. The van der Waals surface area contributed by atoms with Gasteiger partial charge in [-0.25, -0.2) is 0 Å². The topological polar surface area (TPSA) is 49.3 Å². The SMILES string of the molecule is CC(C)C(NCCCF)C(=O)O. The number of rotatable bonds is 6. The molecule has 2 N–H and O–H groups in total. The maximum absolute atomic E-state index is 11.7. The van der Waals surface area contributed by atoms with Crippen LogP contribution in [-0.2, 0) is 4.79 Å². The Morgan fingerprint density at radius 3 is 2.50 bits per heavy atom. The minimum atomic E-state index is -0.871. The zero-order valence-corrected chi connectivity index (χ0v) is 7.51. The van der Waals surface area contributed by atoms with E-state index in [1.54, 1.807) is 0 Å². The first-order chi connectivity index (χ1) is 5.59. The third-order valence-corrected chi connectivity index (χ3v) is 1.61. The zero-order chi connectivity index (χ0) is 9.56. The Labute approximate surface area is 72.0 Å². The number of nitrogens with one attached hydrogen (secondary N) is 1. The predicted octanol–water partition coefficient (Wildman–Crippen LogP) is 1.04. The van der Waals surface area contributed by atoms with E-state index >= 15 is 0 Å². The van der Waals surface area contributed by atoms with E-state index in [0.29, 0.717) is 13.0 Å². The average molecular weight is 177 g/mol. The molecule has 0 bridgehead atoms. The maximum atomic E-state index is 11.7. The third-order valence-electron chi connectivity index (χ3n) is 1.61. The second kappa shape index (κ2) is 5.94. The molecule has 0 aromatic heterocycles. The van der Waals surface area contributed by atoms with Crippen LogP contribution in [0.15, 0.2) is 0 Å². The molecule has 1 unspecified atom stereocenters. The van der Waals surface area contributed by atoms with Gasteiger partial charge < -0.3 is 10.4 Å². The normalized spacial score (nSPS) is 13.3. The van der Waals surface area contributed by atoms with Crippen LogP contribution in [0.3, 0.4) is 0 Å². The van der Waals surface area contributed by atoms with Crippen molar-refractivity contribution in [3.8, 4) is 0 Å². The van der Waals surface area contributed by atoms with Crippen molar-refractivity contribution in [1.29, 1.82) is 0 Å². The molecule has 0 amide bonds. The summed E-state index contributed by atoms with van der Waals surface area (Å²) in [6, 6.07) is -0.559. The molecule has 3 nitrogen and oxygen atoms in total. The van der Waals surface area contributed by atoms with Crippen molar-refractivity contribution >= 4 is 5.97 Å². The van der Waals surface area contributed by atoms with Crippen LogP contribution in [0.2, 0.25) is 0 Å². The molecule has 1 atom stereocenters. The summed E-state index contributed by atoms with van der Waals surface area (Å²) in [6.07, 6.45) is 0.372. The van der Waals surface area contributed by atoms with Gasteiger partial charge in [0, 0.05) is 0 Å². The van der Waals surface area contributed by atoms with E-state index in [4.69, 9.17) is 5.11 Å². The standard InChI is InChI=1S/C8H16FNO2/c1-6(2)7(8(11)12)10-5-3-4-9/h6-7,10H,3-5H2,1-2H3,(H,11,12). The van der Waals surface area contributed by atoms with Gasteiger partial charge in [0.05, 0.1) is 6.67 Å². The fraction of sp³-hybridized carbons (Fsp3) is 0.875. The average Bonchev–Trinajstić information content (AvgIpc) is 1.96. The van der Waals surface area contributed by atoms with Gasteiger partial charge in [0.2, 0.25) is 0 Å². The summed E-state index contributed by atoms with van der Waals surface area (Å²) in [5, 5.41) is 11.5. The van der Waals surface area contributed by atoms with Crippen molar-refractivity contribution in [2.75, 3.05) is 13.2 Å². The van der Waals surface area contributed by atoms with Crippen LogP contribution in [0.4, 0.5) is 4.39 Å². The van der Waals surface area contributed by atoms with Gasteiger partial charge in [0.25, 0.3) is 0 Å². The van der Waals surface area contributed by atoms with Crippen LogP contribution >= 0.6 is 0 Å². The van der Waals surface area contributed by atoms with Crippen LogP contribution in [0.1, 0.15) is 20.3 Å². The summed E-state index contributed by atoms with van der Waals surface area (Å²) in [5.74, 6) is -0.842. The second-order valence-corrected chi connectivity index (χ2v) is 3.06. The molecule has 0 aliphatic heterocycles. The highest BCUT2D eigenvalue weighted by molar-refractivity contribution is 5.73. The molecule has 12 heavy (non-hydrogen) atoms. The number of carbonyl (C=O) groups is 1. The number of hydrogen-bond donors (Lipinski definition) is 2. The molecule has 0 saturated carbocycles. The van der Waals surface area contributed by atoms with Gasteiger partial charge in [-0.3, -0.25) is 9.18 Å². The Kier molecular flexibility index (Phi) is 5.62. The van der Waals surface area contributed by atoms with E-state index in [2.05, 4.69) is 5.32 Å². The Bertz CT molecular complexity index is 139. The molecule has 0 radical (unpaired) electrons. The van der Waals surface area contributed by atoms with Crippen LogP contribution in [0.5, 0.6) is 0 Å². The number of hydrogen-bond acceptors (Lipinski definition) is 2. The third kappa shape index (κ3) is 4.28. The lowest BCUT2D eigenvalue weighted by molar-refractivity contribution is -0.140. The number of carboxylic acids is 1. The van der Waals surface area contributed by atoms with Crippen molar-refractivity contribution in [1.82, 2.24) is 5.32 Å². The molecule has 0 heterocycles. The van der Waals surface area contributed by atoms with Gasteiger partial charge >= 0.3 is 5.97 Å². The van der Waals surface area contributed by atoms with Gasteiger partial charge in [-0.15, -0.1) is 0 Å². The number of carboxylic acid groups (broad SMARTS) is 1. The summed E-state index contributed by atoms with van der Waals surface area (Å²) in [6.45, 7) is 3.66. The van der Waals surface area contributed by atoms with Crippen molar-refractivity contribution in [2.45, 2.75) is 26.3 Å². The second-order valence-electron chi connectivity index (χ2n) is 3.06. The Hall–Kier alpha value is -0.640. The molecule has 0 rings (SSSR count). The Morgan fingerprint density at radius 2 is 2.17 bits per heavy atom. The molecule has 0 aromatic rings. The molecule has 0 aromatic carbocycles. The van der Waals surface area contributed by atoms with Crippen LogP contribution < -0.4 is 5.32 Å². The van der Waals surface area contributed by atoms with Crippen molar-refractivity contribution in [3.63, 3.8) is 0 Å². The fourth-order valence-electron chi connectivity index (χ4n) is 0.933. The van der Waals surface area contributed by atoms with Gasteiger partial charge in [-0.05, 0) is 18.9 Å². The van der Waals surface area contributed by atoms with Crippen molar-refractivity contribution < 1.29 is 14.3 Å². The molecule has 0 aliphatic carbocycles. The highest BCUT2D eigenvalue weighted by atomic mass is 19.1. The number of aliphatic carboxylic acids is 1. The first-order valence-corrected chi connectivity index (χ1v) is 4.11. The molecular formula is C8H16FNO2. The lowest BCUT2D eigenvalue weighted by Gasteiger charge is -2.17. The summed E-state index contributed by atoms with van der Waals surface area (Å²) >= 11 is 0. The van der Waals surface area contributed by atoms with Gasteiger partial charge in [-0.1, -0.05) is 13.8 Å². The van der Waals surface area contributed by atoms with Crippen LogP contribution in [0.25, 0.3) is 0 Å². The number of halogens is 1. The minimum Gasteiger partial charge on any atom is -0.480 e. The van der Waals surface area contributed by atoms with E-state index in [0.717, 1.165) is 0 Å². The van der Waals surface area contributed by atoms with Gasteiger partial charge in [0.15, 0.2) is 0 Å². The van der Waals surface area contributed by atoms with Crippen LogP contribution in [-0.4, -0.2) is 30.3 Å². The smallest absolute Gasteiger partial charge is 0.320 e. The molecule has 0 spiro atoms. The quantitative estimate of drug-likeness (QED) is 0.596. The molecule has 0 fully saturated rings. The van der Waals surface area contributed by atoms with E-state index in [9.17, 15) is 9.18 Å². The molecular weight excluding hydrogens is 161 g/mol. The van der Waals surface area contributed by atoms with E-state index in [-0.39, 0.29) is 5.92 Å². The van der Waals surface area contributed by atoms with E-state index in [1.165, 1.54) is 0 Å². The highest BCUT2D eigenvalue weighted by Gasteiger charge is 2.19. The van der Waals surface area contributed by atoms with Gasteiger partial charge in [-0.2, -0.15) is 0 Å². The highest BCUT2D eigenvalue weighted by Crippen LogP contribution is 2.01. The fourth-order valence-corrected chi connectivity index (χ4v) is 0.933. The molecule has 0 saturated heterocycles. The largest absolute Gasteiger partial charge is 0.480 e. The number of alkyl halides is 1. The van der Waals surface area contributed by atoms with Crippen molar-refractivity contribution in [3.05, 3.63) is 0 Å². The predicted molar refractivity (Wildman–Crippen MR) is 44.9 cm³/mol. The summed E-state index contributed by atoms with van der Waals surface area (Å²) in [5.41, 5.74) is 0. The molecule has 72 valence electrons. The molecule has 0 aliphatic rings. The Morgan fingerprint density at radius 1 is 1.58 bits per heavy atom. The van der Waals surface area contributed by atoms with Crippen molar-refractivity contribution in [2.24, 2.45) is 5.92 Å². The summed E-state index contributed by atoms with van der Waals surface area (Å²) < 4.78 is 11.7. The van der Waals surface area contributed by atoms with E-state index in [1.807, 2.05) is 13.8 Å². The monoisotopic (exact) mass is 177 g/mol. The van der Waals surface area contributed by atoms with E-state index < -0.39 is 18.7 Å².